The molecule has 4 aliphatic heterocycles. The Morgan fingerprint density at radius 2 is 1.76 bits per heavy atom. The maximum Gasteiger partial charge on any atom is 0.416 e. The van der Waals surface area contributed by atoms with Crippen LogP contribution in [0.4, 0.5) is 13.2 Å². The molecule has 248 valence electrons. The summed E-state index contributed by atoms with van der Waals surface area (Å²) in [5, 5.41) is 3.73. The van der Waals surface area contributed by atoms with Gasteiger partial charge in [0.05, 0.1) is 18.3 Å². The van der Waals surface area contributed by atoms with Crippen molar-refractivity contribution in [2.45, 2.75) is 76.4 Å². The zero-order chi connectivity index (χ0) is 32.1. The lowest BCUT2D eigenvalue weighted by Gasteiger charge is -2.38. The first-order chi connectivity index (χ1) is 21.5. The molecule has 0 aliphatic carbocycles. The Morgan fingerprint density at radius 3 is 2.44 bits per heavy atom. The number of alkyl halides is 3. The maximum atomic E-state index is 14.1. The second-order valence-corrected chi connectivity index (χ2v) is 12.5. The van der Waals surface area contributed by atoms with Gasteiger partial charge >= 0.3 is 6.18 Å². The fraction of sp³-hybridized carbons (Fsp3) is 0.636. The number of amidine groups is 1. The van der Waals surface area contributed by atoms with Gasteiger partial charge in [0, 0.05) is 82.4 Å². The number of carbonyl (C=O) groups is 1. The van der Waals surface area contributed by atoms with Crippen molar-refractivity contribution in [1.82, 2.24) is 15.1 Å². The van der Waals surface area contributed by atoms with Crippen LogP contribution >= 0.6 is 0 Å². The molecule has 0 aromatic heterocycles. The van der Waals surface area contributed by atoms with Gasteiger partial charge in [0.25, 0.3) is 5.91 Å². The van der Waals surface area contributed by atoms with Gasteiger partial charge in [0.15, 0.2) is 0 Å². The van der Waals surface area contributed by atoms with Crippen molar-refractivity contribution in [3.63, 3.8) is 0 Å². The number of hydrogen-bond donors (Lipinski definition) is 2. The first kappa shape index (κ1) is 33.4. The third-order valence-electron chi connectivity index (χ3n) is 9.64. The number of nitrogens with one attached hydrogen (secondary N) is 1. The molecule has 4 aliphatic rings. The van der Waals surface area contributed by atoms with E-state index < -0.39 is 11.7 Å². The van der Waals surface area contributed by atoms with Gasteiger partial charge < -0.3 is 35.1 Å². The first-order valence-electron chi connectivity index (χ1n) is 16.0. The molecule has 0 bridgehead atoms. The molecular formula is C33H46F3N5O4. The Kier molecular flexibility index (Phi) is 10.9. The van der Waals surface area contributed by atoms with Gasteiger partial charge in [-0.3, -0.25) is 4.79 Å². The number of aliphatic imine (C=N–C) groups is 1. The number of hydrogen-bond acceptors (Lipinski definition) is 7. The largest absolute Gasteiger partial charge is 0.416 e. The maximum absolute atomic E-state index is 14.1. The van der Waals surface area contributed by atoms with E-state index >= 15 is 0 Å². The minimum absolute atomic E-state index is 0.0116. The number of carbonyl (C=O) groups excluding carboxylic acids is 1. The predicted molar refractivity (Wildman–Crippen MR) is 165 cm³/mol. The molecule has 3 saturated heterocycles. The minimum atomic E-state index is -4.38. The number of amides is 1. The number of halogens is 3. The molecule has 5 rings (SSSR count). The molecule has 0 spiro atoms. The molecule has 3 N–H and O–H groups in total. The third kappa shape index (κ3) is 8.08. The van der Waals surface area contributed by atoms with Crippen molar-refractivity contribution in [3.05, 3.63) is 58.4 Å². The van der Waals surface area contributed by atoms with Gasteiger partial charge in [-0.1, -0.05) is 12.6 Å². The Balaban J connectivity index is 1.32. The highest BCUT2D eigenvalue weighted by Crippen LogP contribution is 2.34. The summed E-state index contributed by atoms with van der Waals surface area (Å²) in [6, 6.07) is 4.38. The van der Waals surface area contributed by atoms with Crippen molar-refractivity contribution >= 4 is 11.7 Å². The molecule has 0 radical (unpaired) electrons. The van der Waals surface area contributed by atoms with Gasteiger partial charge in [-0.05, 0) is 68.7 Å². The van der Waals surface area contributed by atoms with Crippen molar-refractivity contribution < 1.29 is 32.2 Å². The number of rotatable bonds is 8. The average molecular weight is 634 g/mol. The summed E-state index contributed by atoms with van der Waals surface area (Å²) in [6.07, 6.45) is 0.0445. The molecule has 1 aromatic rings. The Bertz CT molecular complexity index is 1290. The Morgan fingerprint density at radius 1 is 1.04 bits per heavy atom. The highest BCUT2D eigenvalue weighted by Gasteiger charge is 2.34. The Labute approximate surface area is 263 Å². The average Bonchev–Trinajstić information content (AvgIpc) is 3.06. The van der Waals surface area contributed by atoms with E-state index in [1.807, 2.05) is 16.7 Å². The summed E-state index contributed by atoms with van der Waals surface area (Å²) in [5.41, 5.74) is 8.90. The molecule has 1 aromatic carbocycles. The lowest BCUT2D eigenvalue weighted by Crippen LogP contribution is -2.54. The third-order valence-corrected chi connectivity index (χ3v) is 9.64. The topological polar surface area (TPSA) is 102 Å². The van der Waals surface area contributed by atoms with Crippen molar-refractivity contribution in [3.8, 4) is 0 Å². The van der Waals surface area contributed by atoms with E-state index in [0.717, 1.165) is 43.7 Å². The number of fused-ring (bicyclic) bond motifs is 1. The SMILES string of the molecule is C=C(/C(C)=C(\N=C(/N)C1CCOCC1)C(=O)N1CCC(N[C@H]2CCOC[C@H]2OC)CC1)N1CCc2cc(C(F)(F)F)ccc2C1. The van der Waals surface area contributed by atoms with Gasteiger partial charge in [-0.25, -0.2) is 4.99 Å². The molecule has 3 fully saturated rings. The number of methoxy groups -OCH3 is 1. The standard InChI is InChI=1S/C33H46F3N5O4/c1-21(22(2)41-12-6-24-18-26(33(34,35)36)5-4-25(24)19-41)30(39-31(37)23-9-15-44-16-10-23)32(42)40-13-7-27(8-14-40)38-28-11-17-45-20-29(28)43-3/h4-5,18,23,27-29,38H,2,6-17,19-20H2,1,3H3,(H2,37,39)/b30-21-/t28-,29+/m0/s1. The van der Waals surface area contributed by atoms with E-state index in [1.54, 1.807) is 7.11 Å². The van der Waals surface area contributed by atoms with Crippen LogP contribution in [-0.4, -0.2) is 92.9 Å². The zero-order valence-corrected chi connectivity index (χ0v) is 26.3. The smallest absolute Gasteiger partial charge is 0.387 e. The van der Waals surface area contributed by atoms with Crippen molar-refractivity contribution in [2.75, 3.05) is 53.2 Å². The molecule has 9 nitrogen and oxygen atoms in total. The molecule has 12 heteroatoms. The van der Waals surface area contributed by atoms with E-state index in [2.05, 4.69) is 11.9 Å². The lowest BCUT2D eigenvalue weighted by molar-refractivity contribution is -0.137. The first-order valence-corrected chi connectivity index (χ1v) is 16.0. The summed E-state index contributed by atoms with van der Waals surface area (Å²) >= 11 is 0. The number of likely N-dealkylation sites (tertiary alicyclic amines) is 1. The molecule has 2 atom stereocenters. The van der Waals surface area contributed by atoms with Crippen LogP contribution in [0.3, 0.4) is 0 Å². The summed E-state index contributed by atoms with van der Waals surface area (Å²) in [7, 11) is 1.71. The highest BCUT2D eigenvalue weighted by molar-refractivity contribution is 5.98. The normalized spacial score (nSPS) is 24.7. The molecule has 1 amide bonds. The van der Waals surface area contributed by atoms with Gasteiger partial charge in [0.1, 0.15) is 11.5 Å². The van der Waals surface area contributed by atoms with Crippen LogP contribution in [0.15, 0.2) is 46.7 Å². The van der Waals surface area contributed by atoms with Gasteiger partial charge in [0.2, 0.25) is 0 Å². The Hall–Kier alpha value is -2.93. The second kappa shape index (κ2) is 14.7. The summed E-state index contributed by atoms with van der Waals surface area (Å²) in [4.78, 5) is 22.8. The minimum Gasteiger partial charge on any atom is -0.387 e. The molecule has 4 heterocycles. The van der Waals surface area contributed by atoms with E-state index in [4.69, 9.17) is 24.9 Å². The second-order valence-electron chi connectivity index (χ2n) is 12.5. The molecule has 0 unspecified atom stereocenters. The van der Waals surface area contributed by atoms with Crippen molar-refractivity contribution in [2.24, 2.45) is 16.6 Å². The van der Waals surface area contributed by atoms with Crippen LogP contribution < -0.4 is 11.1 Å². The molecular weight excluding hydrogens is 587 g/mol. The van der Waals surface area contributed by atoms with E-state index in [0.29, 0.717) is 81.7 Å². The van der Waals surface area contributed by atoms with Crippen molar-refractivity contribution in [1.29, 1.82) is 0 Å². The van der Waals surface area contributed by atoms with E-state index in [1.165, 1.54) is 12.1 Å². The highest BCUT2D eigenvalue weighted by atomic mass is 19.4. The quantitative estimate of drug-likeness (QED) is 0.193. The number of ether oxygens (including phenoxy) is 3. The predicted octanol–water partition coefficient (Wildman–Crippen LogP) is 4.02. The molecule has 0 saturated carbocycles. The molecule has 45 heavy (non-hydrogen) atoms. The summed E-state index contributed by atoms with van der Waals surface area (Å²) in [5.74, 6) is 0.254. The number of nitrogens with zero attached hydrogens (tertiary/aromatic N) is 3. The summed E-state index contributed by atoms with van der Waals surface area (Å²) < 4.78 is 56.5. The number of nitrogens with two attached hydrogens (primary N) is 1. The van der Waals surface area contributed by atoms with Gasteiger partial charge in [-0.2, -0.15) is 13.2 Å². The van der Waals surface area contributed by atoms with Crippen LogP contribution in [0, 0.1) is 5.92 Å². The summed E-state index contributed by atoms with van der Waals surface area (Å²) in [6.45, 7) is 10.7. The zero-order valence-electron chi connectivity index (χ0n) is 26.3. The fourth-order valence-electron chi connectivity index (χ4n) is 6.68. The number of piperidine rings is 1. The number of benzene rings is 1. The monoisotopic (exact) mass is 633 g/mol. The van der Waals surface area contributed by atoms with Crippen LogP contribution in [0.2, 0.25) is 0 Å². The van der Waals surface area contributed by atoms with Crippen LogP contribution in [0.1, 0.15) is 55.7 Å². The van der Waals surface area contributed by atoms with E-state index in [9.17, 15) is 18.0 Å². The van der Waals surface area contributed by atoms with E-state index in [-0.39, 0.29) is 35.7 Å². The lowest BCUT2D eigenvalue weighted by atomic mass is 9.95. The van der Waals surface area contributed by atoms with Gasteiger partial charge in [-0.15, -0.1) is 0 Å². The fourth-order valence-corrected chi connectivity index (χ4v) is 6.68. The van der Waals surface area contributed by atoms with Crippen LogP contribution in [0.5, 0.6) is 0 Å². The van der Waals surface area contributed by atoms with Crippen LogP contribution in [0.25, 0.3) is 0 Å². The van der Waals surface area contributed by atoms with Crippen LogP contribution in [-0.2, 0) is 38.1 Å². The number of allylic oxidation sites excluding steroid dienone is 1.